The highest BCUT2D eigenvalue weighted by atomic mass is 79.9. The molecule has 0 bridgehead atoms. The van der Waals surface area contributed by atoms with Gasteiger partial charge in [-0.25, -0.2) is 4.79 Å². The highest BCUT2D eigenvalue weighted by molar-refractivity contribution is 9.10. The van der Waals surface area contributed by atoms with E-state index in [0.717, 1.165) is 4.47 Å². The number of hydrogen-bond donors (Lipinski definition) is 0. The summed E-state index contributed by atoms with van der Waals surface area (Å²) in [5.41, 5.74) is 0.544. The van der Waals surface area contributed by atoms with Gasteiger partial charge < -0.3 is 14.0 Å². The molecule has 1 heterocycles. The van der Waals surface area contributed by atoms with Crippen LogP contribution in [0.25, 0.3) is 11.0 Å². The minimum absolute atomic E-state index is 0.106. The van der Waals surface area contributed by atoms with E-state index in [1.807, 2.05) is 6.07 Å². The third-order valence-electron chi connectivity index (χ3n) is 1.84. The Kier molecular flexibility index (Phi) is 3.09. The van der Waals surface area contributed by atoms with Crippen LogP contribution in [-0.2, 0) is 4.74 Å². The fourth-order valence-electron chi connectivity index (χ4n) is 1.19. The summed E-state index contributed by atoms with van der Waals surface area (Å²) < 4.78 is 15.3. The fraction of sp³-hybridized carbons (Fsp3) is 0.200. The van der Waals surface area contributed by atoms with Gasteiger partial charge in [0.2, 0.25) is 0 Å². The number of benzene rings is 1. The predicted octanol–water partition coefficient (Wildman–Crippen LogP) is 3.13. The van der Waals surface area contributed by atoms with Crippen molar-refractivity contribution in [2.45, 2.75) is 6.92 Å². The van der Waals surface area contributed by atoms with Gasteiger partial charge >= 0.3 is 6.16 Å². The van der Waals surface area contributed by atoms with Crippen LogP contribution in [0.2, 0.25) is 0 Å². The minimum atomic E-state index is -0.794. The molecule has 0 unspecified atom stereocenters. The van der Waals surface area contributed by atoms with Crippen molar-refractivity contribution in [1.29, 1.82) is 0 Å². The number of hydrogen-bond acceptors (Lipinski definition) is 5. The van der Waals surface area contributed by atoms with E-state index in [4.69, 9.17) is 9.26 Å². The van der Waals surface area contributed by atoms with Crippen molar-refractivity contribution in [1.82, 2.24) is 5.16 Å². The van der Waals surface area contributed by atoms with Crippen LogP contribution in [0.3, 0.4) is 0 Å². The summed E-state index contributed by atoms with van der Waals surface area (Å²) in [6, 6.07) is 5.28. The van der Waals surface area contributed by atoms with E-state index in [1.165, 1.54) is 0 Å². The second kappa shape index (κ2) is 4.52. The standard InChI is InChI=1S/C10H8BrNO4/c1-2-14-10(13)15-9-7-5-6(11)3-4-8(7)16-12-9/h3-5H,2H2,1H3. The number of halogens is 1. The molecule has 2 rings (SSSR count). The molecule has 0 aliphatic heterocycles. The second-order valence-corrected chi connectivity index (χ2v) is 3.83. The maximum absolute atomic E-state index is 11.1. The highest BCUT2D eigenvalue weighted by Gasteiger charge is 2.14. The average Bonchev–Trinajstić information content (AvgIpc) is 2.61. The molecule has 16 heavy (non-hydrogen) atoms. The summed E-state index contributed by atoms with van der Waals surface area (Å²) in [5, 5.41) is 4.25. The van der Waals surface area contributed by atoms with Crippen LogP contribution in [0.15, 0.2) is 27.2 Å². The lowest BCUT2D eigenvalue weighted by Gasteiger charge is -1.99. The summed E-state index contributed by atoms with van der Waals surface area (Å²) >= 11 is 3.31. The van der Waals surface area contributed by atoms with Crippen LogP contribution >= 0.6 is 15.9 Å². The van der Waals surface area contributed by atoms with Gasteiger partial charge in [0.15, 0.2) is 5.58 Å². The molecule has 0 aliphatic carbocycles. The molecule has 0 fully saturated rings. The Bertz CT molecular complexity index is 523. The molecule has 0 aliphatic rings. The van der Waals surface area contributed by atoms with E-state index in [0.29, 0.717) is 11.0 Å². The average molecular weight is 286 g/mol. The number of fused-ring (bicyclic) bond motifs is 1. The lowest BCUT2D eigenvalue weighted by Crippen LogP contribution is -2.10. The smallest absolute Gasteiger partial charge is 0.434 e. The van der Waals surface area contributed by atoms with E-state index in [9.17, 15) is 4.79 Å². The van der Waals surface area contributed by atoms with Gasteiger partial charge in [0.25, 0.3) is 5.88 Å². The largest absolute Gasteiger partial charge is 0.515 e. The zero-order valence-electron chi connectivity index (χ0n) is 8.40. The first-order valence-electron chi connectivity index (χ1n) is 4.60. The van der Waals surface area contributed by atoms with Crippen molar-refractivity contribution in [2.75, 3.05) is 6.61 Å². The molecule has 0 saturated carbocycles. The van der Waals surface area contributed by atoms with Crippen LogP contribution in [0.5, 0.6) is 5.88 Å². The first-order valence-corrected chi connectivity index (χ1v) is 5.39. The maximum atomic E-state index is 11.1. The Hall–Kier alpha value is -1.56. The highest BCUT2D eigenvalue weighted by Crippen LogP contribution is 2.27. The van der Waals surface area contributed by atoms with E-state index in [-0.39, 0.29) is 12.5 Å². The Labute approximate surface area is 99.4 Å². The minimum Gasteiger partial charge on any atom is -0.434 e. The summed E-state index contributed by atoms with van der Waals surface area (Å²) in [6.07, 6.45) is -0.794. The first kappa shape index (κ1) is 10.9. The number of aromatic nitrogens is 1. The Morgan fingerprint density at radius 3 is 3.12 bits per heavy atom. The summed E-state index contributed by atoms with van der Waals surface area (Å²) in [5.74, 6) is 0.106. The van der Waals surface area contributed by atoms with Gasteiger partial charge in [-0.05, 0) is 30.3 Å². The third-order valence-corrected chi connectivity index (χ3v) is 2.33. The van der Waals surface area contributed by atoms with Crippen molar-refractivity contribution >= 4 is 33.1 Å². The molecule has 1 aromatic carbocycles. The molecular weight excluding hydrogens is 278 g/mol. The van der Waals surface area contributed by atoms with Gasteiger partial charge in [0.1, 0.15) is 0 Å². The lowest BCUT2D eigenvalue weighted by atomic mass is 10.3. The Balaban J connectivity index is 2.30. The van der Waals surface area contributed by atoms with Crippen molar-refractivity contribution in [3.8, 4) is 5.88 Å². The second-order valence-electron chi connectivity index (χ2n) is 2.91. The van der Waals surface area contributed by atoms with Crippen LogP contribution in [0.1, 0.15) is 6.92 Å². The van der Waals surface area contributed by atoms with Gasteiger partial charge in [-0.3, -0.25) is 0 Å². The lowest BCUT2D eigenvalue weighted by molar-refractivity contribution is 0.101. The van der Waals surface area contributed by atoms with Crippen LogP contribution in [-0.4, -0.2) is 17.9 Å². The zero-order valence-corrected chi connectivity index (χ0v) is 9.98. The van der Waals surface area contributed by atoms with Crippen LogP contribution in [0, 0.1) is 0 Å². The molecule has 0 atom stereocenters. The Morgan fingerprint density at radius 1 is 1.56 bits per heavy atom. The topological polar surface area (TPSA) is 61.6 Å². The normalized spacial score (nSPS) is 10.4. The molecule has 84 valence electrons. The number of nitrogens with zero attached hydrogens (tertiary/aromatic N) is 1. The first-order chi connectivity index (χ1) is 7.70. The molecule has 2 aromatic rings. The molecule has 0 amide bonds. The van der Waals surface area contributed by atoms with Gasteiger partial charge in [-0.1, -0.05) is 15.9 Å². The monoisotopic (exact) mass is 285 g/mol. The molecule has 6 heteroatoms. The molecule has 1 aromatic heterocycles. The summed E-state index contributed by atoms with van der Waals surface area (Å²) in [6.45, 7) is 1.94. The summed E-state index contributed by atoms with van der Waals surface area (Å²) in [4.78, 5) is 11.1. The van der Waals surface area contributed by atoms with Crippen molar-refractivity contribution in [3.63, 3.8) is 0 Å². The number of carbonyl (C=O) groups excluding carboxylic acids is 1. The Morgan fingerprint density at radius 2 is 2.38 bits per heavy atom. The SMILES string of the molecule is CCOC(=O)Oc1noc2ccc(Br)cc12. The van der Waals surface area contributed by atoms with E-state index >= 15 is 0 Å². The van der Waals surface area contributed by atoms with E-state index in [1.54, 1.807) is 19.1 Å². The molecule has 5 nitrogen and oxygen atoms in total. The number of ether oxygens (including phenoxy) is 2. The van der Waals surface area contributed by atoms with Crippen LogP contribution in [0.4, 0.5) is 4.79 Å². The van der Waals surface area contributed by atoms with E-state index in [2.05, 4.69) is 25.8 Å². The molecule has 0 N–H and O–H groups in total. The molecular formula is C10H8BrNO4. The van der Waals surface area contributed by atoms with Crippen LogP contribution < -0.4 is 4.74 Å². The maximum Gasteiger partial charge on any atom is 0.515 e. The summed E-state index contributed by atoms with van der Waals surface area (Å²) in [7, 11) is 0. The third kappa shape index (κ3) is 2.16. The van der Waals surface area contributed by atoms with Crippen molar-refractivity contribution in [3.05, 3.63) is 22.7 Å². The molecule has 0 spiro atoms. The van der Waals surface area contributed by atoms with E-state index < -0.39 is 6.16 Å². The van der Waals surface area contributed by atoms with Crippen molar-refractivity contribution < 1.29 is 18.8 Å². The van der Waals surface area contributed by atoms with Crippen molar-refractivity contribution in [2.24, 2.45) is 0 Å². The number of rotatable bonds is 2. The quantitative estimate of drug-likeness (QED) is 0.794. The van der Waals surface area contributed by atoms with Gasteiger partial charge in [-0.15, -0.1) is 0 Å². The fourth-order valence-corrected chi connectivity index (χ4v) is 1.55. The number of carbonyl (C=O) groups is 1. The molecule has 0 radical (unpaired) electrons. The van der Waals surface area contributed by atoms with Gasteiger partial charge in [0, 0.05) is 4.47 Å². The van der Waals surface area contributed by atoms with Gasteiger partial charge in [-0.2, -0.15) is 0 Å². The van der Waals surface area contributed by atoms with Gasteiger partial charge in [0.05, 0.1) is 12.0 Å². The predicted molar refractivity (Wildman–Crippen MR) is 59.4 cm³/mol. The molecule has 0 saturated heterocycles. The zero-order chi connectivity index (χ0) is 11.5.